The number of furan rings is 1. The number of aryl methyl sites for hydroxylation is 1. The van der Waals surface area contributed by atoms with Crippen LogP contribution in [0, 0.1) is 12.7 Å². The molecule has 4 aromatic rings. The van der Waals surface area contributed by atoms with E-state index in [9.17, 15) is 14.3 Å². The van der Waals surface area contributed by atoms with Gasteiger partial charge in [0.1, 0.15) is 35.0 Å². The summed E-state index contributed by atoms with van der Waals surface area (Å²) < 4.78 is 31.9. The molecule has 1 fully saturated rings. The van der Waals surface area contributed by atoms with Gasteiger partial charge in [-0.3, -0.25) is 0 Å². The highest BCUT2D eigenvalue weighted by Gasteiger charge is 2.25. The van der Waals surface area contributed by atoms with E-state index >= 15 is 0 Å². The Balaban J connectivity index is 1.36. The number of halogens is 2. The fourth-order valence-electron chi connectivity index (χ4n) is 4.39. The van der Waals surface area contributed by atoms with E-state index < -0.39 is 17.3 Å². The summed E-state index contributed by atoms with van der Waals surface area (Å²) in [4.78, 5) is 20.2. The van der Waals surface area contributed by atoms with E-state index in [1.54, 1.807) is 19.2 Å². The normalized spacial score (nSPS) is 13.4. The monoisotopic (exact) mass is 525 g/mol. The molecule has 0 radical (unpaired) electrons. The highest BCUT2D eigenvalue weighted by Crippen LogP contribution is 2.36. The highest BCUT2D eigenvalue weighted by molar-refractivity contribution is 6.31. The van der Waals surface area contributed by atoms with Gasteiger partial charge in [0.25, 0.3) is 0 Å². The summed E-state index contributed by atoms with van der Waals surface area (Å²) >= 11 is 6.26. The van der Waals surface area contributed by atoms with Crippen LogP contribution in [-0.4, -0.2) is 40.8 Å². The summed E-state index contributed by atoms with van der Waals surface area (Å²) in [5.41, 5.74) is 2.02. The quantitative estimate of drug-likeness (QED) is 0.263. The minimum atomic E-state index is -1.37. The molecule has 0 unspecified atom stereocenters. The number of nitrogens with zero attached hydrogens (tertiary/aromatic N) is 2. The number of hydrogen-bond acceptors (Lipinski definition) is 7. The molecule has 10 heteroatoms. The summed E-state index contributed by atoms with van der Waals surface area (Å²) in [7, 11) is 1.57. The van der Waals surface area contributed by atoms with E-state index in [1.807, 2.05) is 13.0 Å². The van der Waals surface area contributed by atoms with E-state index in [-0.39, 0.29) is 11.9 Å². The van der Waals surface area contributed by atoms with Crippen molar-refractivity contribution in [2.45, 2.75) is 38.7 Å². The maximum atomic E-state index is 14.8. The average Bonchev–Trinajstić information content (AvgIpc) is 3.15. The zero-order chi connectivity index (χ0) is 26.1. The number of rotatable bonds is 9. The molecular weight excluding hydrogens is 501 g/mol. The van der Waals surface area contributed by atoms with Gasteiger partial charge in [-0.25, -0.2) is 19.2 Å². The Morgan fingerprint density at radius 1 is 1.22 bits per heavy atom. The van der Waals surface area contributed by atoms with E-state index in [2.05, 4.69) is 15.3 Å². The van der Waals surface area contributed by atoms with Gasteiger partial charge >= 0.3 is 5.97 Å². The van der Waals surface area contributed by atoms with Gasteiger partial charge in [-0.2, -0.15) is 0 Å². The molecule has 2 aromatic heterocycles. The van der Waals surface area contributed by atoms with Gasteiger partial charge in [-0.05, 0) is 50.8 Å². The van der Waals surface area contributed by atoms with Gasteiger partial charge in [0.2, 0.25) is 0 Å². The third kappa shape index (κ3) is 5.04. The topological polar surface area (TPSA) is 107 Å². The molecule has 0 atom stereocenters. The number of benzene rings is 2. The van der Waals surface area contributed by atoms with Gasteiger partial charge in [0.05, 0.1) is 18.9 Å². The van der Waals surface area contributed by atoms with Crippen LogP contribution in [0.4, 0.5) is 10.2 Å². The van der Waals surface area contributed by atoms with Crippen molar-refractivity contribution >= 4 is 34.4 Å². The molecule has 8 nitrogen and oxygen atoms in total. The zero-order valence-electron chi connectivity index (χ0n) is 20.3. The molecule has 5 rings (SSSR count). The Labute approximate surface area is 217 Å². The van der Waals surface area contributed by atoms with Crippen molar-refractivity contribution in [2.24, 2.45) is 0 Å². The first kappa shape index (κ1) is 24.8. The van der Waals surface area contributed by atoms with E-state index in [4.69, 9.17) is 25.5 Å². The van der Waals surface area contributed by atoms with Crippen LogP contribution < -0.4 is 14.8 Å². The lowest BCUT2D eigenvalue weighted by molar-refractivity contribution is 0.0673. The van der Waals surface area contributed by atoms with Crippen molar-refractivity contribution in [3.8, 4) is 22.8 Å². The Bertz CT molecular complexity index is 1480. The van der Waals surface area contributed by atoms with E-state index in [0.29, 0.717) is 46.4 Å². The maximum Gasteiger partial charge on any atom is 0.342 e. The van der Waals surface area contributed by atoms with Crippen molar-refractivity contribution in [3.05, 3.63) is 64.4 Å². The van der Waals surface area contributed by atoms with Crippen LogP contribution in [0.3, 0.4) is 0 Å². The van der Waals surface area contributed by atoms with Crippen molar-refractivity contribution in [1.29, 1.82) is 0 Å². The summed E-state index contributed by atoms with van der Waals surface area (Å²) in [5, 5.41) is 14.2. The number of fused-ring (bicyclic) bond motifs is 1. The highest BCUT2D eigenvalue weighted by atomic mass is 35.5. The molecule has 1 aliphatic carbocycles. The van der Waals surface area contributed by atoms with Crippen LogP contribution >= 0.6 is 11.6 Å². The van der Waals surface area contributed by atoms with Crippen LogP contribution in [0.25, 0.3) is 22.2 Å². The second kappa shape index (κ2) is 10.3. The van der Waals surface area contributed by atoms with Crippen LogP contribution in [0.2, 0.25) is 5.02 Å². The van der Waals surface area contributed by atoms with Crippen molar-refractivity contribution in [1.82, 2.24) is 9.97 Å². The van der Waals surface area contributed by atoms with Crippen molar-refractivity contribution in [3.63, 3.8) is 0 Å². The van der Waals surface area contributed by atoms with Crippen LogP contribution in [0.1, 0.15) is 40.9 Å². The minimum absolute atomic E-state index is 0.0109. The van der Waals surface area contributed by atoms with Gasteiger partial charge in [0.15, 0.2) is 11.3 Å². The Kier molecular flexibility index (Phi) is 6.88. The predicted molar refractivity (Wildman–Crippen MR) is 137 cm³/mol. The number of anilines is 1. The number of carboxylic acids is 1. The van der Waals surface area contributed by atoms with Gasteiger partial charge < -0.3 is 24.3 Å². The number of hydrogen-bond donors (Lipinski definition) is 2. The summed E-state index contributed by atoms with van der Waals surface area (Å²) in [6, 6.07) is 7.93. The SMILES string of the molecule is COc1cc(Cl)cc2c(CCNc3cc(-c4cc(F)c(C(=O)O)c(OC5CCC5)c4)ncn3)c(C)oc12. The number of aromatic nitrogens is 2. The molecule has 2 heterocycles. The molecule has 37 heavy (non-hydrogen) atoms. The summed E-state index contributed by atoms with van der Waals surface area (Å²) in [6.07, 6.45) is 4.53. The Hall–Kier alpha value is -3.85. The first-order valence-electron chi connectivity index (χ1n) is 11.9. The second-order valence-electron chi connectivity index (χ2n) is 8.89. The van der Waals surface area contributed by atoms with Gasteiger partial charge in [0, 0.05) is 40.2 Å². The Morgan fingerprint density at radius 3 is 2.73 bits per heavy atom. The van der Waals surface area contributed by atoms with Crippen LogP contribution in [0.5, 0.6) is 11.5 Å². The fourth-order valence-corrected chi connectivity index (χ4v) is 4.60. The fraction of sp³-hybridized carbons (Fsp3) is 0.296. The number of methoxy groups -OCH3 is 1. The molecule has 2 N–H and O–H groups in total. The number of aromatic carboxylic acids is 1. The second-order valence-corrected chi connectivity index (χ2v) is 9.33. The first-order valence-corrected chi connectivity index (χ1v) is 12.3. The molecule has 0 saturated heterocycles. The number of carbonyl (C=O) groups is 1. The molecule has 192 valence electrons. The largest absolute Gasteiger partial charge is 0.493 e. The number of nitrogens with one attached hydrogen (secondary N) is 1. The molecule has 1 aliphatic rings. The first-order chi connectivity index (χ1) is 17.8. The third-order valence-electron chi connectivity index (χ3n) is 6.50. The summed E-state index contributed by atoms with van der Waals surface area (Å²) in [6.45, 7) is 2.42. The van der Waals surface area contributed by atoms with Crippen molar-refractivity contribution < 1.29 is 28.2 Å². The van der Waals surface area contributed by atoms with Gasteiger partial charge in [-0.15, -0.1) is 0 Å². The predicted octanol–water partition coefficient (Wildman–Crippen LogP) is 6.28. The van der Waals surface area contributed by atoms with Crippen LogP contribution in [0.15, 0.2) is 41.1 Å². The lowest BCUT2D eigenvalue weighted by Crippen LogP contribution is -2.25. The molecule has 0 spiro atoms. The summed E-state index contributed by atoms with van der Waals surface area (Å²) in [5.74, 6) is -0.346. The molecule has 2 aromatic carbocycles. The van der Waals surface area contributed by atoms with Crippen LogP contribution in [-0.2, 0) is 6.42 Å². The molecule has 0 aliphatic heterocycles. The molecule has 1 saturated carbocycles. The number of carboxylic acid groups (broad SMARTS) is 1. The number of ether oxygens (including phenoxy) is 2. The Morgan fingerprint density at radius 2 is 2.03 bits per heavy atom. The lowest BCUT2D eigenvalue weighted by Gasteiger charge is -2.27. The van der Waals surface area contributed by atoms with Crippen molar-refractivity contribution in [2.75, 3.05) is 19.0 Å². The average molecular weight is 526 g/mol. The minimum Gasteiger partial charge on any atom is -0.493 e. The molecular formula is C27H25ClFN3O5. The maximum absolute atomic E-state index is 14.8. The lowest BCUT2D eigenvalue weighted by atomic mass is 9.96. The van der Waals surface area contributed by atoms with E-state index in [1.165, 1.54) is 12.4 Å². The zero-order valence-corrected chi connectivity index (χ0v) is 21.1. The smallest absolute Gasteiger partial charge is 0.342 e. The van der Waals surface area contributed by atoms with Gasteiger partial charge in [-0.1, -0.05) is 11.6 Å². The van der Waals surface area contributed by atoms with E-state index in [0.717, 1.165) is 42.0 Å². The molecule has 0 bridgehead atoms. The standard InChI is InChI=1S/C27H25ClFN3O5/c1-14-18(19-10-16(28)11-23(35-2)26(19)36-14)6-7-30-24-12-21(31-13-32-24)15-8-20(29)25(27(33)34)22(9-15)37-17-4-3-5-17/h8-13,17H,3-7H2,1-2H3,(H,33,34)(H,30,31,32). The molecule has 0 amide bonds. The third-order valence-corrected chi connectivity index (χ3v) is 6.72.